The second kappa shape index (κ2) is 9.32. The van der Waals surface area contributed by atoms with Gasteiger partial charge in [0.15, 0.2) is 17.7 Å². The molecule has 0 bridgehead atoms. The summed E-state index contributed by atoms with van der Waals surface area (Å²) in [4.78, 5) is 24.4. The molecule has 4 rings (SSSR count). The molecule has 0 aromatic carbocycles. The fourth-order valence-electron chi connectivity index (χ4n) is 3.02. The summed E-state index contributed by atoms with van der Waals surface area (Å²) in [5.74, 6) is -0.187. The first-order valence-corrected chi connectivity index (χ1v) is 9.36. The molecule has 0 unspecified atom stereocenters. The number of rotatable bonds is 4. The molecule has 14 nitrogen and oxygen atoms in total. The molecule has 0 radical (unpaired) electrons. The van der Waals surface area contributed by atoms with Crippen molar-refractivity contribution >= 4 is 22.9 Å². The van der Waals surface area contributed by atoms with E-state index in [9.17, 15) is 20.1 Å². The van der Waals surface area contributed by atoms with Gasteiger partial charge in [-0.1, -0.05) is 0 Å². The van der Waals surface area contributed by atoms with Crippen molar-refractivity contribution in [3.05, 3.63) is 24.3 Å². The van der Waals surface area contributed by atoms with Gasteiger partial charge in [0.1, 0.15) is 23.8 Å². The molecule has 0 aliphatic carbocycles. The van der Waals surface area contributed by atoms with Crippen LogP contribution in [0.2, 0.25) is 0 Å². The van der Waals surface area contributed by atoms with Crippen LogP contribution in [0.1, 0.15) is 23.5 Å². The number of aromatic nitrogens is 6. The summed E-state index contributed by atoms with van der Waals surface area (Å²) in [7, 11) is 1.50. The Morgan fingerprint density at radius 2 is 2.00 bits per heavy atom. The molecule has 14 heteroatoms. The maximum absolute atomic E-state index is 11.7. The third-order valence-electron chi connectivity index (χ3n) is 4.50. The van der Waals surface area contributed by atoms with E-state index in [0.717, 1.165) is 0 Å². The molecule has 0 spiro atoms. The number of imidazole rings is 1. The summed E-state index contributed by atoms with van der Waals surface area (Å²) < 4.78 is 8.18. The van der Waals surface area contributed by atoms with Gasteiger partial charge in [0.2, 0.25) is 0 Å². The van der Waals surface area contributed by atoms with Crippen molar-refractivity contribution in [1.29, 1.82) is 0 Å². The van der Waals surface area contributed by atoms with Crippen molar-refractivity contribution in [3.8, 4) is 5.95 Å². The average molecular weight is 436 g/mol. The van der Waals surface area contributed by atoms with E-state index < -0.39 is 31.1 Å². The second-order valence-corrected chi connectivity index (χ2v) is 6.53. The first-order chi connectivity index (χ1) is 14.9. The van der Waals surface area contributed by atoms with Crippen LogP contribution < -0.4 is 11.1 Å². The summed E-state index contributed by atoms with van der Waals surface area (Å²) in [5, 5.41) is 43.6. The Kier molecular flexibility index (Phi) is 6.77. The van der Waals surface area contributed by atoms with Gasteiger partial charge < -0.3 is 36.2 Å². The van der Waals surface area contributed by atoms with Crippen LogP contribution in [0.4, 0.5) is 5.82 Å². The van der Waals surface area contributed by atoms with Crippen LogP contribution in [0.3, 0.4) is 0 Å². The molecule has 4 heterocycles. The molecule has 1 amide bonds. The lowest BCUT2D eigenvalue weighted by atomic mass is 10.1. The summed E-state index contributed by atoms with van der Waals surface area (Å²) in [6.07, 6.45) is -0.418. The van der Waals surface area contributed by atoms with Gasteiger partial charge in [-0.05, 0) is 6.92 Å². The van der Waals surface area contributed by atoms with Crippen molar-refractivity contribution in [2.45, 2.75) is 31.5 Å². The van der Waals surface area contributed by atoms with Crippen molar-refractivity contribution in [2.24, 2.45) is 0 Å². The molecule has 1 aliphatic heterocycles. The molecule has 4 atom stereocenters. The zero-order valence-electron chi connectivity index (χ0n) is 16.8. The molecule has 7 N–H and O–H groups in total. The number of nitrogen functional groups attached to an aromatic ring is 1. The molecular formula is C17H24N8O6. The number of nitrogens with zero attached hydrogens (tertiary/aromatic N) is 6. The molecule has 1 aliphatic rings. The molecule has 1 saturated heterocycles. The topological polar surface area (TPSA) is 207 Å². The molecule has 3 aromatic rings. The first kappa shape index (κ1) is 22.5. The van der Waals surface area contributed by atoms with Crippen molar-refractivity contribution in [2.75, 3.05) is 26.0 Å². The Morgan fingerprint density at radius 3 is 2.61 bits per heavy atom. The first-order valence-electron chi connectivity index (χ1n) is 9.36. The monoisotopic (exact) mass is 436 g/mol. The van der Waals surface area contributed by atoms with Gasteiger partial charge in [0.05, 0.1) is 24.7 Å². The number of carbonyl (C=O) groups is 1. The lowest BCUT2D eigenvalue weighted by molar-refractivity contribution is -0.0511. The van der Waals surface area contributed by atoms with Crippen LogP contribution in [0, 0.1) is 0 Å². The highest BCUT2D eigenvalue weighted by molar-refractivity contribution is 5.93. The standard InChI is InChI=1S/C15H18N8O5.C2H6O/c1-17-13(27)6-2-19-23(3-6)15-20-11(16)8-12(21-15)22(5-18-8)14-10(26)9(25)7(4-24)28-14;1-2-3/h2-3,5,7,9-10,14,24-26H,4H2,1H3,(H,17,27)(H2,16,20,21);3H,2H2,1H3/t7-,9-,10-,14-;/m1./s1. The van der Waals surface area contributed by atoms with Gasteiger partial charge in [0, 0.05) is 19.9 Å². The highest BCUT2D eigenvalue weighted by Crippen LogP contribution is 2.32. The van der Waals surface area contributed by atoms with Crippen LogP contribution in [-0.2, 0) is 4.74 Å². The lowest BCUT2D eigenvalue weighted by Gasteiger charge is -2.16. The lowest BCUT2D eigenvalue weighted by Crippen LogP contribution is -2.33. The Morgan fingerprint density at radius 1 is 1.29 bits per heavy atom. The number of aliphatic hydroxyl groups excluding tert-OH is 4. The second-order valence-electron chi connectivity index (χ2n) is 6.53. The van der Waals surface area contributed by atoms with E-state index in [1.807, 2.05) is 0 Å². The van der Waals surface area contributed by atoms with E-state index in [0.29, 0.717) is 5.56 Å². The Balaban J connectivity index is 0.000000858. The third kappa shape index (κ3) is 4.19. The van der Waals surface area contributed by atoms with Gasteiger partial charge in [-0.3, -0.25) is 9.36 Å². The quantitative estimate of drug-likeness (QED) is 0.253. The van der Waals surface area contributed by atoms with E-state index in [2.05, 4.69) is 25.4 Å². The molecule has 1 fully saturated rings. The summed E-state index contributed by atoms with van der Waals surface area (Å²) in [5.41, 5.74) is 6.78. The Labute approximate surface area is 175 Å². The van der Waals surface area contributed by atoms with Crippen LogP contribution >= 0.6 is 0 Å². The maximum Gasteiger partial charge on any atom is 0.254 e. The fraction of sp³-hybridized carbons (Fsp3) is 0.471. The largest absolute Gasteiger partial charge is 0.397 e. The number of nitrogens with one attached hydrogen (secondary N) is 1. The van der Waals surface area contributed by atoms with E-state index in [1.165, 1.54) is 35.0 Å². The van der Waals surface area contributed by atoms with Gasteiger partial charge in [-0.15, -0.1) is 0 Å². The number of nitrogens with two attached hydrogens (primary N) is 1. The minimum absolute atomic E-state index is 0.0579. The summed E-state index contributed by atoms with van der Waals surface area (Å²) in [6.45, 7) is 1.47. The van der Waals surface area contributed by atoms with Crippen LogP contribution in [0.5, 0.6) is 0 Å². The minimum atomic E-state index is -1.31. The highest BCUT2D eigenvalue weighted by atomic mass is 16.6. The zero-order valence-corrected chi connectivity index (χ0v) is 16.8. The number of hydrogen-bond donors (Lipinski definition) is 6. The van der Waals surface area contributed by atoms with E-state index in [4.69, 9.17) is 15.6 Å². The van der Waals surface area contributed by atoms with E-state index in [1.54, 1.807) is 6.92 Å². The summed E-state index contributed by atoms with van der Waals surface area (Å²) >= 11 is 0. The normalized spacial score (nSPS) is 22.9. The van der Waals surface area contributed by atoms with Crippen molar-refractivity contribution in [1.82, 2.24) is 34.6 Å². The number of aliphatic hydroxyl groups is 4. The number of hydrogen-bond acceptors (Lipinski definition) is 11. The molecular weight excluding hydrogens is 412 g/mol. The van der Waals surface area contributed by atoms with Crippen LogP contribution in [0.15, 0.2) is 18.7 Å². The smallest absolute Gasteiger partial charge is 0.254 e. The molecule has 3 aromatic heterocycles. The number of anilines is 1. The van der Waals surface area contributed by atoms with Crippen LogP contribution in [0.25, 0.3) is 17.1 Å². The van der Waals surface area contributed by atoms with Gasteiger partial charge in [-0.2, -0.15) is 15.1 Å². The average Bonchev–Trinajstić information content (AvgIpc) is 3.47. The Hall–Kier alpha value is -3.17. The van der Waals surface area contributed by atoms with E-state index in [-0.39, 0.29) is 35.4 Å². The van der Waals surface area contributed by atoms with Gasteiger partial charge >= 0.3 is 0 Å². The molecule has 168 valence electrons. The van der Waals surface area contributed by atoms with Gasteiger partial charge in [0.25, 0.3) is 11.9 Å². The minimum Gasteiger partial charge on any atom is -0.397 e. The molecule has 31 heavy (non-hydrogen) atoms. The third-order valence-corrected chi connectivity index (χ3v) is 4.50. The number of amides is 1. The number of fused-ring (bicyclic) bond motifs is 1. The van der Waals surface area contributed by atoms with Crippen LogP contribution in [-0.4, -0.2) is 94.2 Å². The SMILES string of the molecule is CCO.CNC(=O)c1cnn(-c2nc(N)c3ncn([C@@H]4O[C@H](CO)[C@@H](O)[C@H]4O)c3n2)c1. The maximum atomic E-state index is 11.7. The van der Waals surface area contributed by atoms with E-state index >= 15 is 0 Å². The predicted octanol–water partition coefficient (Wildman–Crippen LogP) is -2.44. The number of carbonyl (C=O) groups excluding carboxylic acids is 1. The van der Waals surface area contributed by atoms with Crippen molar-refractivity contribution in [3.63, 3.8) is 0 Å². The Bertz CT molecular complexity index is 1050. The highest BCUT2D eigenvalue weighted by Gasteiger charge is 2.44. The summed E-state index contributed by atoms with van der Waals surface area (Å²) in [6, 6.07) is 0. The number of ether oxygens (including phenoxy) is 1. The van der Waals surface area contributed by atoms with Gasteiger partial charge in [-0.25, -0.2) is 9.67 Å². The molecule has 0 saturated carbocycles. The van der Waals surface area contributed by atoms with Crippen molar-refractivity contribution < 1.29 is 30.0 Å². The predicted molar refractivity (Wildman–Crippen MR) is 106 cm³/mol. The zero-order chi connectivity index (χ0) is 22.7. The fourth-order valence-corrected chi connectivity index (χ4v) is 3.02.